The molecule has 0 aliphatic rings. The highest BCUT2D eigenvalue weighted by Crippen LogP contribution is 1.96. The molecule has 150 valence electrons. The number of carbonyl (C=O) groups excluding carboxylic acids is 2. The summed E-state index contributed by atoms with van der Waals surface area (Å²) in [6.07, 6.45) is 10.1. The van der Waals surface area contributed by atoms with Crippen molar-refractivity contribution in [3.05, 3.63) is 60.2 Å². The van der Waals surface area contributed by atoms with Crippen molar-refractivity contribution >= 4 is 12.1 Å². The first kappa shape index (κ1) is 21.1. The number of nitrogens with zero attached hydrogens (tertiary/aromatic N) is 2. The molecule has 2 aromatic rings. The highest BCUT2D eigenvalue weighted by molar-refractivity contribution is 5.74. The Labute approximate surface area is 165 Å². The number of carbonyl (C=O) groups is 2. The number of rotatable bonds is 11. The number of unbranched alkanes of at least 4 members (excludes halogenated alkanes) is 1. The van der Waals surface area contributed by atoms with Gasteiger partial charge in [-0.05, 0) is 48.9 Å². The summed E-state index contributed by atoms with van der Waals surface area (Å²) in [5.74, 6) is 0. The van der Waals surface area contributed by atoms with E-state index in [2.05, 4.69) is 31.2 Å². The Hall–Kier alpha value is -3.16. The Morgan fingerprint density at radius 2 is 1.11 bits per heavy atom. The molecule has 0 spiro atoms. The molecule has 0 saturated carbocycles. The molecule has 8 nitrogen and oxygen atoms in total. The SMILES string of the molecule is O=C(NCCCCNC(=O)NCCc1cccnc1)NCCc1cccnc1. The normalized spacial score (nSPS) is 10.1. The van der Waals surface area contributed by atoms with Crippen molar-refractivity contribution in [2.45, 2.75) is 25.7 Å². The first-order chi connectivity index (χ1) is 13.7. The van der Waals surface area contributed by atoms with Crippen molar-refractivity contribution < 1.29 is 9.59 Å². The van der Waals surface area contributed by atoms with Crippen LogP contribution in [-0.2, 0) is 12.8 Å². The molecule has 0 aromatic carbocycles. The summed E-state index contributed by atoms with van der Waals surface area (Å²) in [6, 6.07) is 7.37. The summed E-state index contributed by atoms with van der Waals surface area (Å²) >= 11 is 0. The molecule has 0 aliphatic heterocycles. The number of urea groups is 2. The average molecular weight is 384 g/mol. The average Bonchev–Trinajstić information content (AvgIpc) is 2.72. The molecule has 0 unspecified atom stereocenters. The van der Waals surface area contributed by atoms with Crippen molar-refractivity contribution in [1.29, 1.82) is 0 Å². The van der Waals surface area contributed by atoms with Crippen LogP contribution in [0.2, 0.25) is 0 Å². The van der Waals surface area contributed by atoms with E-state index in [9.17, 15) is 9.59 Å². The summed E-state index contributed by atoms with van der Waals surface area (Å²) in [5.41, 5.74) is 2.18. The summed E-state index contributed by atoms with van der Waals surface area (Å²) in [6.45, 7) is 2.28. The van der Waals surface area contributed by atoms with Crippen molar-refractivity contribution in [1.82, 2.24) is 31.2 Å². The van der Waals surface area contributed by atoms with Gasteiger partial charge in [0.25, 0.3) is 0 Å². The second kappa shape index (κ2) is 13.1. The van der Waals surface area contributed by atoms with Crippen LogP contribution in [0.3, 0.4) is 0 Å². The minimum Gasteiger partial charge on any atom is -0.338 e. The first-order valence-corrected chi connectivity index (χ1v) is 9.55. The molecular formula is C20H28N6O2. The lowest BCUT2D eigenvalue weighted by Crippen LogP contribution is -2.38. The number of hydrogen-bond donors (Lipinski definition) is 4. The maximum Gasteiger partial charge on any atom is 0.314 e. The first-order valence-electron chi connectivity index (χ1n) is 9.55. The summed E-state index contributed by atoms with van der Waals surface area (Å²) in [5, 5.41) is 11.2. The van der Waals surface area contributed by atoms with Gasteiger partial charge in [0.1, 0.15) is 0 Å². The third-order valence-electron chi connectivity index (χ3n) is 4.02. The van der Waals surface area contributed by atoms with Gasteiger partial charge in [0.05, 0.1) is 0 Å². The fourth-order valence-corrected chi connectivity index (χ4v) is 2.51. The quantitative estimate of drug-likeness (QED) is 0.442. The topological polar surface area (TPSA) is 108 Å². The molecule has 0 fully saturated rings. The van der Waals surface area contributed by atoms with Gasteiger partial charge < -0.3 is 21.3 Å². The van der Waals surface area contributed by atoms with Gasteiger partial charge in [-0.15, -0.1) is 0 Å². The van der Waals surface area contributed by atoms with E-state index in [0.717, 1.165) is 36.8 Å². The third kappa shape index (κ3) is 9.51. The lowest BCUT2D eigenvalue weighted by Gasteiger charge is -2.09. The molecule has 0 bridgehead atoms. The Morgan fingerprint density at radius 1 is 0.679 bits per heavy atom. The van der Waals surface area contributed by atoms with Gasteiger partial charge in [0.15, 0.2) is 0 Å². The third-order valence-corrected chi connectivity index (χ3v) is 4.02. The van der Waals surface area contributed by atoms with Crippen LogP contribution in [-0.4, -0.2) is 48.2 Å². The predicted molar refractivity (Wildman–Crippen MR) is 108 cm³/mol. The van der Waals surface area contributed by atoms with Crippen LogP contribution in [0.5, 0.6) is 0 Å². The Balaban J connectivity index is 1.40. The zero-order chi connectivity index (χ0) is 19.9. The fourth-order valence-electron chi connectivity index (χ4n) is 2.51. The lowest BCUT2D eigenvalue weighted by molar-refractivity contribution is 0.238. The molecule has 4 N–H and O–H groups in total. The number of aromatic nitrogens is 2. The van der Waals surface area contributed by atoms with E-state index in [1.54, 1.807) is 24.8 Å². The van der Waals surface area contributed by atoms with Crippen molar-refractivity contribution in [2.75, 3.05) is 26.2 Å². The van der Waals surface area contributed by atoms with Gasteiger partial charge in [-0.3, -0.25) is 9.97 Å². The van der Waals surface area contributed by atoms with E-state index >= 15 is 0 Å². The maximum absolute atomic E-state index is 11.7. The number of nitrogens with one attached hydrogen (secondary N) is 4. The second-order valence-electron chi connectivity index (χ2n) is 6.30. The number of pyridine rings is 2. The molecule has 8 heteroatoms. The standard InChI is InChI=1S/C20H28N6O2/c27-19(25-13-7-17-5-3-9-21-15-17)23-11-1-2-12-24-20(28)26-14-8-18-6-4-10-22-16-18/h3-6,9-10,15-16H,1-2,7-8,11-14H2,(H2,23,25,27)(H2,24,26,28). The van der Waals surface area contributed by atoms with Gasteiger partial charge in [-0.25, -0.2) is 9.59 Å². The van der Waals surface area contributed by atoms with E-state index in [1.807, 2.05) is 24.3 Å². The highest BCUT2D eigenvalue weighted by atomic mass is 16.2. The molecule has 0 atom stereocenters. The predicted octanol–water partition coefficient (Wildman–Crippen LogP) is 1.64. The van der Waals surface area contributed by atoms with Gasteiger partial charge in [0.2, 0.25) is 0 Å². The molecule has 2 heterocycles. The molecule has 28 heavy (non-hydrogen) atoms. The lowest BCUT2D eigenvalue weighted by atomic mass is 10.2. The van der Waals surface area contributed by atoms with E-state index in [-0.39, 0.29) is 12.1 Å². The zero-order valence-corrected chi connectivity index (χ0v) is 16.0. The van der Waals surface area contributed by atoms with E-state index in [0.29, 0.717) is 26.2 Å². The summed E-state index contributed by atoms with van der Waals surface area (Å²) < 4.78 is 0. The van der Waals surface area contributed by atoms with Crippen molar-refractivity contribution in [3.8, 4) is 0 Å². The molecule has 0 radical (unpaired) electrons. The van der Waals surface area contributed by atoms with Crippen LogP contribution >= 0.6 is 0 Å². The van der Waals surface area contributed by atoms with Crippen LogP contribution in [0.25, 0.3) is 0 Å². The van der Waals surface area contributed by atoms with Gasteiger partial charge in [0, 0.05) is 51.0 Å². The smallest absolute Gasteiger partial charge is 0.314 e. The van der Waals surface area contributed by atoms with Crippen LogP contribution in [0.4, 0.5) is 9.59 Å². The number of amides is 4. The van der Waals surface area contributed by atoms with Crippen LogP contribution in [0.15, 0.2) is 49.1 Å². The fraction of sp³-hybridized carbons (Fsp3) is 0.400. The Bertz CT molecular complexity index is 635. The molecule has 0 saturated heterocycles. The van der Waals surface area contributed by atoms with Gasteiger partial charge in [-0.1, -0.05) is 12.1 Å². The molecular weight excluding hydrogens is 356 g/mol. The van der Waals surface area contributed by atoms with Crippen molar-refractivity contribution in [2.24, 2.45) is 0 Å². The molecule has 4 amide bonds. The monoisotopic (exact) mass is 384 g/mol. The second-order valence-corrected chi connectivity index (χ2v) is 6.30. The van der Waals surface area contributed by atoms with Gasteiger partial charge >= 0.3 is 12.1 Å². The summed E-state index contributed by atoms with van der Waals surface area (Å²) in [7, 11) is 0. The van der Waals surface area contributed by atoms with Gasteiger partial charge in [-0.2, -0.15) is 0 Å². The molecule has 2 rings (SSSR count). The van der Waals surface area contributed by atoms with E-state index in [4.69, 9.17) is 0 Å². The van der Waals surface area contributed by atoms with Crippen molar-refractivity contribution in [3.63, 3.8) is 0 Å². The van der Waals surface area contributed by atoms with E-state index < -0.39 is 0 Å². The number of hydrogen-bond acceptors (Lipinski definition) is 4. The summed E-state index contributed by atoms with van der Waals surface area (Å²) in [4.78, 5) is 31.5. The maximum atomic E-state index is 11.7. The van der Waals surface area contributed by atoms with Crippen LogP contribution < -0.4 is 21.3 Å². The minimum atomic E-state index is -0.176. The minimum absolute atomic E-state index is 0.176. The van der Waals surface area contributed by atoms with Crippen LogP contribution in [0, 0.1) is 0 Å². The zero-order valence-electron chi connectivity index (χ0n) is 16.0. The van der Waals surface area contributed by atoms with E-state index in [1.165, 1.54) is 0 Å². The molecule has 2 aromatic heterocycles. The molecule has 0 aliphatic carbocycles. The highest BCUT2D eigenvalue weighted by Gasteiger charge is 2.01. The Kier molecular flexibility index (Phi) is 9.87. The Morgan fingerprint density at radius 3 is 1.50 bits per heavy atom. The largest absolute Gasteiger partial charge is 0.338 e. The van der Waals surface area contributed by atoms with Crippen LogP contribution in [0.1, 0.15) is 24.0 Å².